The summed E-state index contributed by atoms with van der Waals surface area (Å²) >= 11 is 0. The van der Waals surface area contributed by atoms with Crippen molar-refractivity contribution in [2.45, 2.75) is 46.1 Å². The van der Waals surface area contributed by atoms with Gasteiger partial charge in [0.2, 0.25) is 8.03 Å². The van der Waals surface area contributed by atoms with Gasteiger partial charge in [-0.15, -0.1) is 0 Å². The molecule has 8 heteroatoms. The Morgan fingerprint density at radius 3 is 2.15 bits per heavy atom. The fourth-order valence-corrected chi connectivity index (χ4v) is 2.29. The smallest absolute Gasteiger partial charge is 0.336 e. The third-order valence-corrected chi connectivity index (χ3v) is 3.56. The number of esters is 2. The van der Waals surface area contributed by atoms with E-state index < -0.39 is 31.9 Å². The highest BCUT2D eigenvalue weighted by atomic mass is 31.1. The lowest BCUT2D eigenvalue weighted by Gasteiger charge is -2.18. The third kappa shape index (κ3) is 7.62. The molecule has 3 atom stereocenters. The molecule has 7 nitrogen and oxygen atoms in total. The van der Waals surface area contributed by atoms with Crippen LogP contribution in [0.2, 0.25) is 0 Å². The van der Waals surface area contributed by atoms with Crippen molar-refractivity contribution in [2.24, 2.45) is 0 Å². The molecule has 0 aliphatic carbocycles. The van der Waals surface area contributed by atoms with Crippen LogP contribution in [0.15, 0.2) is 0 Å². The Morgan fingerprint density at radius 2 is 1.65 bits per heavy atom. The van der Waals surface area contributed by atoms with Crippen LogP contribution in [0.25, 0.3) is 0 Å². The molecule has 0 aliphatic heterocycles. The number of hydrogen-bond donors (Lipinski definition) is 0. The molecule has 118 valence electrons. The van der Waals surface area contributed by atoms with Crippen molar-refractivity contribution in [2.75, 3.05) is 19.8 Å². The predicted octanol–water partition coefficient (Wildman–Crippen LogP) is 1.75. The first-order chi connectivity index (χ1) is 9.46. The molecule has 0 rings (SSSR count). The van der Waals surface area contributed by atoms with E-state index >= 15 is 0 Å². The van der Waals surface area contributed by atoms with Crippen LogP contribution in [-0.4, -0.2) is 43.7 Å². The van der Waals surface area contributed by atoms with E-state index in [1.165, 1.54) is 0 Å². The molecule has 0 N–H and O–H groups in total. The highest BCUT2D eigenvalue weighted by molar-refractivity contribution is 7.39. The molecule has 0 aromatic rings. The molecular formula is C12H23O7P. The van der Waals surface area contributed by atoms with Crippen LogP contribution in [0.3, 0.4) is 0 Å². The molecule has 0 spiro atoms. The summed E-state index contributed by atoms with van der Waals surface area (Å²) in [7, 11) is -2.63. The van der Waals surface area contributed by atoms with Crippen LogP contribution in [0.1, 0.15) is 34.1 Å². The van der Waals surface area contributed by atoms with Gasteiger partial charge in [0.1, 0.15) is 5.85 Å². The lowest BCUT2D eigenvalue weighted by atomic mass is 10.2. The molecule has 0 amide bonds. The van der Waals surface area contributed by atoms with Gasteiger partial charge in [-0.25, -0.2) is 4.79 Å². The summed E-state index contributed by atoms with van der Waals surface area (Å²) in [4.78, 5) is 23.1. The first-order valence-corrected chi connectivity index (χ1v) is 7.99. The Hall–Kier alpha value is -0.910. The minimum absolute atomic E-state index is 0.142. The summed E-state index contributed by atoms with van der Waals surface area (Å²) in [5, 5.41) is 0. The van der Waals surface area contributed by atoms with Gasteiger partial charge in [-0.05, 0) is 27.7 Å². The van der Waals surface area contributed by atoms with Gasteiger partial charge < -0.3 is 18.7 Å². The van der Waals surface area contributed by atoms with Crippen LogP contribution < -0.4 is 0 Å². The van der Waals surface area contributed by atoms with Crippen molar-refractivity contribution in [3.63, 3.8) is 0 Å². The highest BCUT2D eigenvalue weighted by Gasteiger charge is 2.28. The van der Waals surface area contributed by atoms with Gasteiger partial charge in [0.05, 0.1) is 19.6 Å². The third-order valence-electron chi connectivity index (χ3n) is 2.21. The summed E-state index contributed by atoms with van der Waals surface area (Å²) in [6.07, 6.45) is -1.56. The monoisotopic (exact) mass is 310 g/mol. The maximum atomic E-state index is 11.9. The second-order valence-electron chi connectivity index (χ2n) is 3.78. The molecule has 0 aromatic carbocycles. The van der Waals surface area contributed by atoms with Crippen LogP contribution in [0.4, 0.5) is 0 Å². The lowest BCUT2D eigenvalue weighted by Crippen LogP contribution is -2.29. The molecular weight excluding hydrogens is 287 g/mol. The van der Waals surface area contributed by atoms with Gasteiger partial charge in [-0.2, -0.15) is 0 Å². The molecule has 0 radical (unpaired) electrons. The minimum Gasteiger partial charge on any atom is -0.466 e. The Labute approximate surface area is 119 Å². The lowest BCUT2D eigenvalue weighted by molar-refractivity contribution is -0.157. The van der Waals surface area contributed by atoms with Crippen molar-refractivity contribution in [1.82, 2.24) is 0 Å². The second-order valence-corrected chi connectivity index (χ2v) is 5.47. The topological polar surface area (TPSA) is 88.1 Å². The number of rotatable bonds is 10. The van der Waals surface area contributed by atoms with E-state index in [2.05, 4.69) is 0 Å². The minimum atomic E-state index is -2.63. The fourth-order valence-electron chi connectivity index (χ4n) is 1.33. The van der Waals surface area contributed by atoms with Crippen molar-refractivity contribution in [1.29, 1.82) is 0 Å². The van der Waals surface area contributed by atoms with E-state index in [0.29, 0.717) is 6.61 Å². The Kier molecular flexibility index (Phi) is 10.3. The van der Waals surface area contributed by atoms with E-state index in [1.807, 2.05) is 0 Å². The van der Waals surface area contributed by atoms with Crippen molar-refractivity contribution >= 4 is 20.0 Å². The van der Waals surface area contributed by atoms with Crippen molar-refractivity contribution < 1.29 is 32.9 Å². The zero-order valence-electron chi connectivity index (χ0n) is 12.3. The van der Waals surface area contributed by atoms with Crippen LogP contribution >= 0.6 is 8.03 Å². The molecule has 0 aliphatic rings. The molecule has 20 heavy (non-hydrogen) atoms. The van der Waals surface area contributed by atoms with E-state index in [9.17, 15) is 14.2 Å². The summed E-state index contributed by atoms with van der Waals surface area (Å²) in [5.74, 6) is -1.98. The van der Waals surface area contributed by atoms with Gasteiger partial charge in [0, 0.05) is 6.61 Å². The molecule has 0 saturated carbocycles. The summed E-state index contributed by atoms with van der Waals surface area (Å²) in [6.45, 7) is 7.33. The zero-order chi connectivity index (χ0) is 15.5. The first kappa shape index (κ1) is 19.1. The van der Waals surface area contributed by atoms with Gasteiger partial charge >= 0.3 is 11.9 Å². The van der Waals surface area contributed by atoms with Gasteiger partial charge in [0.25, 0.3) is 0 Å². The molecule has 0 aromatic heterocycles. The summed E-state index contributed by atoms with van der Waals surface area (Å²) in [5.41, 5.74) is 0. The predicted molar refractivity (Wildman–Crippen MR) is 72.8 cm³/mol. The van der Waals surface area contributed by atoms with Gasteiger partial charge in [-0.1, -0.05) is 0 Å². The maximum absolute atomic E-state index is 11.9. The summed E-state index contributed by atoms with van der Waals surface area (Å²) in [6, 6.07) is 0. The molecule has 0 bridgehead atoms. The number of carbonyl (C=O) groups excluding carboxylic acids is 2. The van der Waals surface area contributed by atoms with Gasteiger partial charge in [0.15, 0.2) is 6.10 Å². The van der Waals surface area contributed by atoms with Crippen molar-refractivity contribution in [3.8, 4) is 0 Å². The normalized spacial score (nSPS) is 15.2. The second kappa shape index (κ2) is 10.8. The van der Waals surface area contributed by atoms with Gasteiger partial charge in [-0.3, -0.25) is 9.36 Å². The van der Waals surface area contributed by atoms with E-state index in [4.69, 9.17) is 18.7 Å². The average Bonchev–Trinajstić information content (AvgIpc) is 2.38. The SMILES string of the molecule is CCOC(=O)CC(O[PH](=O)C(C)OCC)C(=O)OCC. The molecule has 0 saturated heterocycles. The van der Waals surface area contributed by atoms with Crippen LogP contribution in [0.5, 0.6) is 0 Å². The number of hydrogen-bond acceptors (Lipinski definition) is 7. The fraction of sp³-hybridized carbons (Fsp3) is 0.833. The standard InChI is InChI=1S/C12H23O7P/c1-5-16-9(4)20(15)19-10(12(14)18-7-3)8-11(13)17-6-2/h9-10,20H,5-8H2,1-4H3. The van der Waals surface area contributed by atoms with Crippen molar-refractivity contribution in [3.05, 3.63) is 0 Å². The molecule has 0 heterocycles. The average molecular weight is 310 g/mol. The zero-order valence-corrected chi connectivity index (χ0v) is 13.3. The number of carbonyl (C=O) groups is 2. The first-order valence-electron chi connectivity index (χ1n) is 6.60. The summed E-state index contributed by atoms with van der Waals surface area (Å²) < 4.78 is 31.7. The van der Waals surface area contributed by atoms with Crippen LogP contribution in [0, 0.1) is 0 Å². The Bertz CT molecular complexity index is 332. The highest BCUT2D eigenvalue weighted by Crippen LogP contribution is 2.33. The maximum Gasteiger partial charge on any atom is 0.336 e. The largest absolute Gasteiger partial charge is 0.466 e. The van der Waals surface area contributed by atoms with E-state index in [1.54, 1.807) is 27.7 Å². The Balaban J connectivity index is 4.63. The quantitative estimate of drug-likeness (QED) is 0.448. The number of ether oxygens (including phenoxy) is 3. The molecule has 3 unspecified atom stereocenters. The Morgan fingerprint density at radius 1 is 1.05 bits per heavy atom. The molecule has 0 fully saturated rings. The van der Waals surface area contributed by atoms with E-state index in [0.717, 1.165) is 0 Å². The van der Waals surface area contributed by atoms with E-state index in [-0.39, 0.29) is 19.6 Å². The van der Waals surface area contributed by atoms with Crippen LogP contribution in [-0.2, 0) is 32.9 Å².